The van der Waals surface area contributed by atoms with Crippen LogP contribution >= 0.6 is 0 Å². The molecule has 0 heterocycles. The maximum atomic E-state index is 12.1. The van der Waals surface area contributed by atoms with Gasteiger partial charge in [-0.1, -0.05) is 12.1 Å². The third kappa shape index (κ3) is 2.54. The Morgan fingerprint density at radius 1 is 1.44 bits per heavy atom. The number of fused-ring (bicyclic) bond motifs is 1. The molecule has 0 radical (unpaired) electrons. The van der Waals surface area contributed by atoms with Gasteiger partial charge in [-0.15, -0.1) is 4.72 Å². The summed E-state index contributed by atoms with van der Waals surface area (Å²) in [6.07, 6.45) is 1.80. The van der Waals surface area contributed by atoms with Crippen molar-refractivity contribution < 1.29 is 4.55 Å². The van der Waals surface area contributed by atoms with E-state index in [2.05, 4.69) is 10.8 Å². The summed E-state index contributed by atoms with van der Waals surface area (Å²) in [4.78, 5) is 0. The average molecular weight is 262 g/mol. The minimum atomic E-state index is -1.08. The third-order valence-electron chi connectivity index (χ3n) is 3.20. The zero-order chi connectivity index (χ0) is 13.3. The fraction of sp³-hybridized carbons (Fsp3) is 0.500. The van der Waals surface area contributed by atoms with Crippen LogP contribution < -0.4 is 4.72 Å². The van der Waals surface area contributed by atoms with Crippen LogP contribution in [-0.2, 0) is 17.8 Å². The van der Waals surface area contributed by atoms with Gasteiger partial charge in [0.05, 0.1) is 17.7 Å². The van der Waals surface area contributed by atoms with Crippen LogP contribution in [0.4, 0.5) is 0 Å². The predicted octanol–water partition coefficient (Wildman–Crippen LogP) is 2.60. The molecule has 1 aromatic carbocycles. The SMILES string of the molecule is CC(C)(C)[S+]([O-])N[C@@H]1CCc2c(C#N)cccc21. The maximum absolute atomic E-state index is 12.1. The van der Waals surface area contributed by atoms with Gasteiger partial charge < -0.3 is 4.55 Å². The molecule has 2 atom stereocenters. The molecule has 0 saturated carbocycles. The molecule has 0 aliphatic heterocycles. The smallest absolute Gasteiger partial charge is 0.136 e. The van der Waals surface area contributed by atoms with Gasteiger partial charge in [0.2, 0.25) is 0 Å². The van der Waals surface area contributed by atoms with Crippen molar-refractivity contribution in [3.05, 3.63) is 34.9 Å². The zero-order valence-corrected chi connectivity index (χ0v) is 11.8. The molecule has 1 aliphatic carbocycles. The molecule has 0 saturated heterocycles. The Morgan fingerprint density at radius 2 is 2.17 bits per heavy atom. The van der Waals surface area contributed by atoms with Crippen LogP contribution in [0, 0.1) is 11.3 Å². The van der Waals surface area contributed by atoms with Crippen LogP contribution in [-0.4, -0.2) is 9.30 Å². The first-order valence-electron chi connectivity index (χ1n) is 6.13. The number of nitrogens with zero attached hydrogens (tertiary/aromatic N) is 1. The van der Waals surface area contributed by atoms with E-state index < -0.39 is 11.4 Å². The second kappa shape index (κ2) is 4.93. The second-order valence-corrected chi connectivity index (χ2v) is 7.57. The molecule has 1 aliphatic rings. The van der Waals surface area contributed by atoms with Gasteiger partial charge in [0.15, 0.2) is 0 Å². The average Bonchev–Trinajstić information content (AvgIpc) is 2.71. The van der Waals surface area contributed by atoms with Crippen molar-refractivity contribution in [1.82, 2.24) is 4.72 Å². The summed E-state index contributed by atoms with van der Waals surface area (Å²) in [7, 11) is 0. The van der Waals surface area contributed by atoms with E-state index in [0.29, 0.717) is 0 Å². The molecule has 4 heteroatoms. The summed E-state index contributed by atoms with van der Waals surface area (Å²) >= 11 is -1.08. The second-order valence-electron chi connectivity index (χ2n) is 5.58. The third-order valence-corrected chi connectivity index (χ3v) is 4.81. The van der Waals surface area contributed by atoms with Crippen molar-refractivity contribution in [3.63, 3.8) is 0 Å². The first-order chi connectivity index (χ1) is 8.43. The summed E-state index contributed by atoms with van der Waals surface area (Å²) in [5.74, 6) is 0. The van der Waals surface area contributed by atoms with Gasteiger partial charge in [-0.2, -0.15) is 5.26 Å². The summed E-state index contributed by atoms with van der Waals surface area (Å²) < 4.78 is 15.0. The minimum absolute atomic E-state index is 0.105. The Labute approximate surface area is 112 Å². The number of benzene rings is 1. The monoisotopic (exact) mass is 262 g/mol. The van der Waals surface area contributed by atoms with Gasteiger partial charge in [0.1, 0.15) is 4.75 Å². The van der Waals surface area contributed by atoms with Crippen molar-refractivity contribution >= 4 is 11.4 Å². The number of nitrogens with one attached hydrogen (secondary N) is 1. The lowest BCUT2D eigenvalue weighted by molar-refractivity contribution is 0.522. The van der Waals surface area contributed by atoms with E-state index in [1.807, 2.05) is 39.0 Å². The Hall–Kier alpha value is -1.02. The lowest BCUT2D eigenvalue weighted by Crippen LogP contribution is -2.40. The molecule has 2 rings (SSSR count). The Bertz CT molecular complexity index is 488. The van der Waals surface area contributed by atoms with Crippen LogP contribution in [0.3, 0.4) is 0 Å². The Kier molecular flexibility index (Phi) is 3.67. The molecule has 0 bridgehead atoms. The van der Waals surface area contributed by atoms with Crippen LogP contribution in [0.25, 0.3) is 0 Å². The summed E-state index contributed by atoms with van der Waals surface area (Å²) in [5, 5.41) is 9.07. The standard InChI is InChI=1S/C14H18N2OS/c1-14(2,3)18(17)16-13-8-7-11-10(9-15)5-4-6-12(11)13/h4-6,13,16H,7-8H2,1-3H3/t13-,18?/m1/s1. The molecule has 0 spiro atoms. The highest BCUT2D eigenvalue weighted by atomic mass is 32.2. The van der Waals surface area contributed by atoms with Gasteiger partial charge in [0.25, 0.3) is 0 Å². The molecule has 0 fully saturated rings. The molecule has 1 unspecified atom stereocenters. The largest absolute Gasteiger partial charge is 0.598 e. The highest BCUT2D eigenvalue weighted by Gasteiger charge is 2.33. The molecule has 1 N–H and O–H groups in total. The predicted molar refractivity (Wildman–Crippen MR) is 73.3 cm³/mol. The van der Waals surface area contributed by atoms with Gasteiger partial charge in [-0.3, -0.25) is 0 Å². The number of nitriles is 1. The van der Waals surface area contributed by atoms with Crippen LogP contribution in [0.15, 0.2) is 18.2 Å². The highest BCUT2D eigenvalue weighted by molar-refractivity contribution is 7.90. The van der Waals surface area contributed by atoms with E-state index in [1.54, 1.807) is 0 Å². The Balaban J connectivity index is 2.21. The van der Waals surface area contributed by atoms with Gasteiger partial charge in [-0.05, 0) is 50.8 Å². The molecular formula is C14H18N2OS. The summed E-state index contributed by atoms with van der Waals surface area (Å²) in [6.45, 7) is 5.87. The van der Waals surface area contributed by atoms with E-state index >= 15 is 0 Å². The van der Waals surface area contributed by atoms with E-state index in [1.165, 1.54) is 0 Å². The van der Waals surface area contributed by atoms with Crippen LogP contribution in [0.1, 0.15) is 49.9 Å². The van der Waals surface area contributed by atoms with Crippen molar-refractivity contribution in [3.8, 4) is 6.07 Å². The first kappa shape index (κ1) is 13.4. The van der Waals surface area contributed by atoms with E-state index in [0.717, 1.165) is 29.5 Å². The molecule has 96 valence electrons. The highest BCUT2D eigenvalue weighted by Crippen LogP contribution is 2.34. The number of hydrogen-bond acceptors (Lipinski definition) is 3. The van der Waals surface area contributed by atoms with Gasteiger partial charge >= 0.3 is 0 Å². The van der Waals surface area contributed by atoms with E-state index in [4.69, 9.17) is 5.26 Å². The topological polar surface area (TPSA) is 58.9 Å². The number of hydrogen-bond donors (Lipinski definition) is 1. The first-order valence-corrected chi connectivity index (χ1v) is 7.28. The minimum Gasteiger partial charge on any atom is -0.598 e. The lowest BCUT2D eigenvalue weighted by atomic mass is 10.0. The van der Waals surface area contributed by atoms with Crippen molar-refractivity contribution in [2.45, 2.75) is 44.4 Å². The van der Waals surface area contributed by atoms with Gasteiger partial charge in [0, 0.05) is 11.4 Å². The number of rotatable bonds is 2. The zero-order valence-electron chi connectivity index (χ0n) is 11.0. The maximum Gasteiger partial charge on any atom is 0.136 e. The van der Waals surface area contributed by atoms with Crippen molar-refractivity contribution in [1.29, 1.82) is 5.26 Å². The molecule has 18 heavy (non-hydrogen) atoms. The summed E-state index contributed by atoms with van der Waals surface area (Å²) in [6, 6.07) is 8.11. The quantitative estimate of drug-likeness (QED) is 0.833. The molecule has 0 aromatic heterocycles. The summed E-state index contributed by atoms with van der Waals surface area (Å²) in [5.41, 5.74) is 2.99. The van der Waals surface area contributed by atoms with Gasteiger partial charge in [-0.25, -0.2) is 0 Å². The molecule has 1 aromatic rings. The Morgan fingerprint density at radius 3 is 2.78 bits per heavy atom. The fourth-order valence-corrected chi connectivity index (χ4v) is 3.04. The van der Waals surface area contributed by atoms with Crippen LogP contribution in [0.2, 0.25) is 0 Å². The van der Waals surface area contributed by atoms with Crippen LogP contribution in [0.5, 0.6) is 0 Å². The fourth-order valence-electron chi connectivity index (χ4n) is 2.19. The van der Waals surface area contributed by atoms with E-state index in [9.17, 15) is 4.55 Å². The van der Waals surface area contributed by atoms with Crippen molar-refractivity contribution in [2.75, 3.05) is 0 Å². The molecule has 0 amide bonds. The van der Waals surface area contributed by atoms with Crippen molar-refractivity contribution in [2.24, 2.45) is 0 Å². The normalized spacial score (nSPS) is 20.3. The molecular weight excluding hydrogens is 244 g/mol. The lowest BCUT2D eigenvalue weighted by Gasteiger charge is -2.26. The molecule has 3 nitrogen and oxygen atoms in total. The van der Waals surface area contributed by atoms with E-state index in [-0.39, 0.29) is 10.8 Å².